The lowest BCUT2D eigenvalue weighted by atomic mass is 10.0. The van der Waals surface area contributed by atoms with E-state index in [0.29, 0.717) is 16.8 Å². The third-order valence-corrected chi connectivity index (χ3v) is 12.3. The Bertz CT molecular complexity index is 2440. The molecule has 2 fully saturated rings. The summed E-state index contributed by atoms with van der Waals surface area (Å²) >= 11 is 0. The van der Waals surface area contributed by atoms with Gasteiger partial charge in [0, 0.05) is 62.1 Å². The van der Waals surface area contributed by atoms with Crippen LogP contribution in [-0.4, -0.2) is 111 Å². The molecule has 0 radical (unpaired) electrons. The standard InChI is InChI=1S/C47H62N14O8/c48-41(64)36(22-29-24-54-32-14-7-6-13-31(29)32)59-44(67)35-18-20-52-38(62)17-16-34(56-39(63)21-27-9-4-5-10-27)43(66)60-37(23-30-25-51-26-55-30)45(68)61-40(28-11-2-1-3-12-28)46(69)58-33(42(65)57-35)15-8-19-53-47(49)50/h1-3,6-7,11-14,24-27,33-37,40,54H,4-5,8-10,15-23H2,(H2,48,64)(H,51,55)(H,52,62)(H,56,63)(H,57,65)(H,58,69)(H,59,67)(H,60,66)(H,61,68)(H4,49,50,53)/t33-,34-,35-,36-,37-,40?/m0/s1. The lowest BCUT2D eigenvalue weighted by molar-refractivity contribution is -0.135. The quantitative estimate of drug-likeness (QED) is 0.0413. The minimum atomic E-state index is -1.44. The van der Waals surface area contributed by atoms with Gasteiger partial charge in [-0.05, 0) is 61.6 Å². The molecule has 1 unspecified atom stereocenters. The molecule has 69 heavy (non-hydrogen) atoms. The van der Waals surface area contributed by atoms with E-state index < -0.39 is 77.6 Å². The SMILES string of the molecule is N=C(N)NCCC[C@@H]1NC(=O)C(c2ccccc2)NC(=O)[C@H](Cc2c[nH]cn2)NC(=O)[C@@H](NC(=O)CC2CCCC2)CCC(=O)NCC[C@@H](C(=O)N[C@@H](Cc2c[nH]c3ccccc23)C(N)=O)NC1=O. The van der Waals surface area contributed by atoms with Gasteiger partial charge in [-0.1, -0.05) is 61.4 Å². The largest absolute Gasteiger partial charge is 0.370 e. The molecule has 22 nitrogen and oxygen atoms in total. The van der Waals surface area contributed by atoms with E-state index in [1.54, 1.807) is 36.5 Å². The Hall–Kier alpha value is -7.78. The van der Waals surface area contributed by atoms with Crippen LogP contribution in [0.5, 0.6) is 0 Å². The second-order valence-electron chi connectivity index (χ2n) is 17.5. The number of primary amides is 1. The Kier molecular flexibility index (Phi) is 18.2. The van der Waals surface area contributed by atoms with Gasteiger partial charge in [-0.15, -0.1) is 0 Å². The van der Waals surface area contributed by atoms with Crippen molar-refractivity contribution >= 4 is 64.1 Å². The number of nitrogens with two attached hydrogens (primary N) is 2. The maximum atomic E-state index is 14.5. The van der Waals surface area contributed by atoms with Gasteiger partial charge in [-0.2, -0.15) is 0 Å². The van der Waals surface area contributed by atoms with Crippen molar-refractivity contribution in [2.75, 3.05) is 13.1 Å². The second-order valence-corrected chi connectivity index (χ2v) is 17.5. The highest BCUT2D eigenvalue weighted by atomic mass is 16.2. The number of carbonyl (C=O) groups is 8. The van der Waals surface area contributed by atoms with Crippen LogP contribution in [0.4, 0.5) is 0 Å². The summed E-state index contributed by atoms with van der Waals surface area (Å²) < 4.78 is 0. The molecule has 6 rings (SSSR count). The van der Waals surface area contributed by atoms with E-state index in [0.717, 1.165) is 36.6 Å². The van der Waals surface area contributed by atoms with Crippen LogP contribution in [-0.2, 0) is 51.2 Å². The van der Waals surface area contributed by atoms with Gasteiger partial charge >= 0.3 is 0 Å². The van der Waals surface area contributed by atoms with Crippen LogP contribution in [0.15, 0.2) is 73.3 Å². The molecule has 3 heterocycles. The van der Waals surface area contributed by atoms with Crippen LogP contribution >= 0.6 is 0 Å². The molecule has 2 aromatic carbocycles. The van der Waals surface area contributed by atoms with E-state index in [1.807, 2.05) is 24.3 Å². The topological polar surface area (TPSA) is 353 Å². The average molecular weight is 951 g/mol. The Balaban J connectivity index is 1.31. The van der Waals surface area contributed by atoms with Gasteiger partial charge in [0.25, 0.3) is 0 Å². The number of nitrogens with zero attached hydrogens (tertiary/aromatic N) is 1. The van der Waals surface area contributed by atoms with E-state index in [1.165, 1.54) is 12.5 Å². The van der Waals surface area contributed by atoms with Gasteiger partial charge in [0.05, 0.1) is 12.0 Å². The Morgan fingerprint density at radius 3 is 2.26 bits per heavy atom. The molecular formula is C47H62N14O8. The second kappa shape index (κ2) is 24.8. The van der Waals surface area contributed by atoms with Crippen molar-refractivity contribution in [3.8, 4) is 0 Å². The van der Waals surface area contributed by atoms with Crippen molar-refractivity contribution in [1.82, 2.24) is 57.5 Å². The minimum Gasteiger partial charge on any atom is -0.370 e. The van der Waals surface area contributed by atoms with Gasteiger partial charge in [-0.25, -0.2) is 4.98 Å². The highest BCUT2D eigenvalue weighted by Gasteiger charge is 2.35. The molecule has 6 atom stereocenters. The normalized spacial score (nSPS) is 21.7. The monoisotopic (exact) mass is 950 g/mol. The number of nitrogens with one attached hydrogen (secondary N) is 11. The maximum Gasteiger partial charge on any atom is 0.247 e. The van der Waals surface area contributed by atoms with Gasteiger partial charge < -0.3 is 64.0 Å². The summed E-state index contributed by atoms with van der Waals surface area (Å²) in [4.78, 5) is 122. The van der Waals surface area contributed by atoms with Crippen LogP contribution in [0.3, 0.4) is 0 Å². The number of hydrogen-bond donors (Lipinski definition) is 13. The minimum absolute atomic E-state index is 0.00537. The van der Waals surface area contributed by atoms with Crippen molar-refractivity contribution in [2.45, 2.75) is 113 Å². The summed E-state index contributed by atoms with van der Waals surface area (Å²) in [7, 11) is 0. The van der Waals surface area contributed by atoms with E-state index in [-0.39, 0.29) is 82.2 Å². The summed E-state index contributed by atoms with van der Waals surface area (Å²) in [6.45, 7) is -0.0416. The van der Waals surface area contributed by atoms with E-state index >= 15 is 0 Å². The fourth-order valence-electron chi connectivity index (χ4n) is 8.61. The molecule has 4 aromatic rings. The third kappa shape index (κ3) is 15.1. The molecule has 1 aliphatic carbocycles. The number of guanidine groups is 1. The summed E-state index contributed by atoms with van der Waals surface area (Å²) in [5, 5.41) is 30.1. The zero-order valence-electron chi connectivity index (χ0n) is 38.2. The number of H-pyrrole nitrogens is 2. The van der Waals surface area contributed by atoms with Crippen LogP contribution < -0.4 is 54.0 Å². The number of hydrogen-bond acceptors (Lipinski definition) is 10. The highest BCUT2D eigenvalue weighted by molar-refractivity contribution is 5.98. The van der Waals surface area contributed by atoms with Crippen molar-refractivity contribution in [1.29, 1.82) is 5.41 Å². The first-order chi connectivity index (χ1) is 33.2. The fraction of sp³-hybridized carbons (Fsp3) is 0.447. The molecule has 8 amide bonds. The van der Waals surface area contributed by atoms with Crippen LogP contribution in [0, 0.1) is 11.3 Å². The van der Waals surface area contributed by atoms with Crippen LogP contribution in [0.1, 0.15) is 87.1 Å². The van der Waals surface area contributed by atoms with Crippen molar-refractivity contribution in [3.63, 3.8) is 0 Å². The smallest absolute Gasteiger partial charge is 0.247 e. The first-order valence-corrected chi connectivity index (χ1v) is 23.3. The summed E-state index contributed by atoms with van der Waals surface area (Å²) in [6, 6.07) is 7.56. The number of carbonyl (C=O) groups excluding carboxylic acids is 8. The molecule has 0 spiro atoms. The van der Waals surface area contributed by atoms with Crippen molar-refractivity contribution in [3.05, 3.63) is 90.1 Å². The summed E-state index contributed by atoms with van der Waals surface area (Å²) in [5.41, 5.74) is 13.5. The zero-order valence-corrected chi connectivity index (χ0v) is 38.2. The number of para-hydroxylation sites is 1. The number of rotatable bonds is 15. The predicted molar refractivity (Wildman–Crippen MR) is 253 cm³/mol. The molecule has 1 aliphatic heterocycles. The predicted octanol–water partition coefficient (Wildman–Crippen LogP) is -0.413. The number of benzene rings is 2. The van der Waals surface area contributed by atoms with Gasteiger partial charge in [0.2, 0.25) is 47.3 Å². The summed E-state index contributed by atoms with van der Waals surface area (Å²) in [6.07, 6.45) is 7.95. The molecule has 1 saturated heterocycles. The average Bonchev–Trinajstić information content (AvgIpc) is 4.13. The van der Waals surface area contributed by atoms with Gasteiger partial charge in [0.15, 0.2) is 5.96 Å². The van der Waals surface area contributed by atoms with Crippen LogP contribution in [0.25, 0.3) is 10.9 Å². The highest BCUT2D eigenvalue weighted by Crippen LogP contribution is 2.27. The van der Waals surface area contributed by atoms with Crippen molar-refractivity contribution < 1.29 is 38.4 Å². The van der Waals surface area contributed by atoms with Gasteiger partial charge in [-0.3, -0.25) is 43.8 Å². The van der Waals surface area contributed by atoms with Crippen LogP contribution in [0.2, 0.25) is 0 Å². The molecule has 1 saturated carbocycles. The first kappa shape index (κ1) is 50.6. The Morgan fingerprint density at radius 1 is 0.812 bits per heavy atom. The lowest BCUT2D eigenvalue weighted by Crippen LogP contribution is -2.58. The fourth-order valence-corrected chi connectivity index (χ4v) is 8.61. The molecular weight excluding hydrogens is 889 g/mol. The van der Waals surface area contributed by atoms with E-state index in [2.05, 4.69) is 57.5 Å². The van der Waals surface area contributed by atoms with Gasteiger partial charge in [0.1, 0.15) is 36.3 Å². The number of imidazole rings is 1. The molecule has 0 bridgehead atoms. The molecule has 2 aromatic heterocycles. The number of aromatic nitrogens is 3. The number of fused-ring (bicyclic) bond motifs is 1. The third-order valence-electron chi connectivity index (χ3n) is 12.3. The van der Waals surface area contributed by atoms with E-state index in [4.69, 9.17) is 16.9 Å². The number of amides is 8. The summed E-state index contributed by atoms with van der Waals surface area (Å²) in [5.74, 6) is -5.96. The number of aromatic amines is 2. The Labute approximate surface area is 398 Å². The molecule has 15 N–H and O–H groups in total. The first-order valence-electron chi connectivity index (χ1n) is 23.3. The zero-order chi connectivity index (χ0) is 49.3. The Morgan fingerprint density at radius 2 is 1.54 bits per heavy atom. The van der Waals surface area contributed by atoms with Crippen molar-refractivity contribution in [2.24, 2.45) is 17.4 Å². The van der Waals surface area contributed by atoms with E-state index in [9.17, 15) is 38.4 Å². The molecule has 368 valence electrons. The maximum absolute atomic E-state index is 14.5. The lowest BCUT2D eigenvalue weighted by Gasteiger charge is -2.27. The molecule has 2 aliphatic rings. The molecule has 22 heteroatoms.